The minimum Gasteiger partial charge on any atom is -0.368 e. The van der Waals surface area contributed by atoms with Crippen molar-refractivity contribution >= 4 is 44.3 Å². The van der Waals surface area contributed by atoms with Crippen LogP contribution in [0, 0.1) is 0 Å². The number of nitrogens with two attached hydrogens (primary N) is 1. The monoisotopic (exact) mass is 549 g/mol. The summed E-state index contributed by atoms with van der Waals surface area (Å²) in [5.74, 6) is 0.469. The Morgan fingerprint density at radius 2 is 1.82 bits per heavy atom. The lowest BCUT2D eigenvalue weighted by Crippen LogP contribution is -2.48. The van der Waals surface area contributed by atoms with Crippen LogP contribution in [-0.2, 0) is 21.4 Å². The lowest BCUT2D eigenvalue weighted by atomic mass is 10.2. The zero-order chi connectivity index (χ0) is 27.7. The van der Waals surface area contributed by atoms with Crippen molar-refractivity contribution in [1.29, 1.82) is 0 Å². The topological polar surface area (TPSA) is 161 Å². The quantitative estimate of drug-likeness (QED) is 0.323. The van der Waals surface area contributed by atoms with Crippen LogP contribution in [-0.4, -0.2) is 69.7 Å². The van der Waals surface area contributed by atoms with Gasteiger partial charge < -0.3 is 15.1 Å². The highest BCUT2D eigenvalue weighted by atomic mass is 32.2. The summed E-state index contributed by atoms with van der Waals surface area (Å²) in [5, 5.41) is 8.30. The molecule has 1 aromatic carbocycles. The first-order chi connectivity index (χ1) is 18.7. The Bertz CT molecular complexity index is 1720. The van der Waals surface area contributed by atoms with Crippen molar-refractivity contribution in [2.24, 2.45) is 5.14 Å². The van der Waals surface area contributed by atoms with Crippen molar-refractivity contribution in [3.05, 3.63) is 71.7 Å². The van der Waals surface area contributed by atoms with Crippen LogP contribution in [0.25, 0.3) is 16.9 Å². The van der Waals surface area contributed by atoms with Gasteiger partial charge in [-0.2, -0.15) is 4.98 Å². The summed E-state index contributed by atoms with van der Waals surface area (Å²) in [6.07, 6.45) is 2.95. The number of primary sulfonamides is 1. The maximum absolute atomic E-state index is 13.1. The Labute approximate surface area is 224 Å². The normalized spacial score (nSPS) is 14.0. The van der Waals surface area contributed by atoms with Crippen LogP contribution >= 0.6 is 0 Å². The van der Waals surface area contributed by atoms with E-state index < -0.39 is 10.0 Å². The molecule has 0 bridgehead atoms. The Hall–Kier alpha value is -4.56. The first-order valence-electron chi connectivity index (χ1n) is 12.1. The molecule has 0 atom stereocenters. The lowest BCUT2D eigenvalue weighted by molar-refractivity contribution is -0.129. The molecule has 0 unspecified atom stereocenters. The van der Waals surface area contributed by atoms with Crippen LogP contribution < -0.4 is 20.9 Å². The average Bonchev–Trinajstić information content (AvgIpc) is 3.19. The molecular weight excluding hydrogens is 522 g/mol. The Morgan fingerprint density at radius 3 is 2.46 bits per heavy atom. The molecule has 0 saturated carbocycles. The maximum atomic E-state index is 13.1. The first kappa shape index (κ1) is 26.1. The SMILES string of the molecule is C=CCn1c(=O)c2cnc(Nc3ccc(N4CCN(C(C)=O)CC4)cc3)nc2n1-c1cccc(S(N)(=O)=O)n1. The average molecular weight is 550 g/mol. The number of nitrogens with zero attached hydrogens (tertiary/aromatic N) is 7. The Balaban J connectivity index is 1.46. The number of fused-ring (bicyclic) bond motifs is 1. The third kappa shape index (κ3) is 5.24. The molecule has 13 nitrogen and oxygen atoms in total. The van der Waals surface area contributed by atoms with Crippen LogP contribution in [0.5, 0.6) is 0 Å². The summed E-state index contributed by atoms with van der Waals surface area (Å²) in [5.41, 5.74) is 1.62. The number of pyridine rings is 1. The molecule has 1 aliphatic heterocycles. The molecule has 4 aromatic rings. The van der Waals surface area contributed by atoms with E-state index in [4.69, 9.17) is 5.14 Å². The van der Waals surface area contributed by atoms with Crippen molar-refractivity contribution in [1.82, 2.24) is 29.2 Å². The van der Waals surface area contributed by atoms with Gasteiger partial charge in [0, 0.05) is 50.7 Å². The lowest BCUT2D eigenvalue weighted by Gasteiger charge is -2.35. The van der Waals surface area contributed by atoms with Gasteiger partial charge in [-0.15, -0.1) is 6.58 Å². The minimum atomic E-state index is -4.07. The number of carbonyl (C=O) groups excluding carboxylic acids is 1. The van der Waals surface area contributed by atoms with Crippen molar-refractivity contribution in [2.75, 3.05) is 36.4 Å². The molecule has 3 N–H and O–H groups in total. The van der Waals surface area contributed by atoms with Crippen LogP contribution in [0.15, 0.2) is 71.1 Å². The minimum absolute atomic E-state index is 0.0873. The second kappa shape index (κ2) is 10.3. The van der Waals surface area contributed by atoms with Gasteiger partial charge in [0.1, 0.15) is 5.39 Å². The summed E-state index contributed by atoms with van der Waals surface area (Å²) < 4.78 is 26.5. The molecule has 1 amide bonds. The number of benzene rings is 1. The second-order valence-corrected chi connectivity index (χ2v) is 10.5. The number of allylic oxidation sites excluding steroid dienone is 1. The smallest absolute Gasteiger partial charge is 0.278 e. The zero-order valence-electron chi connectivity index (χ0n) is 21.2. The molecule has 39 heavy (non-hydrogen) atoms. The molecule has 4 heterocycles. The van der Waals surface area contributed by atoms with Crippen molar-refractivity contribution in [2.45, 2.75) is 18.5 Å². The highest BCUT2D eigenvalue weighted by Gasteiger charge is 2.21. The number of hydrogen-bond acceptors (Lipinski definition) is 9. The van der Waals surface area contributed by atoms with Gasteiger partial charge in [-0.05, 0) is 36.4 Å². The van der Waals surface area contributed by atoms with E-state index in [0.29, 0.717) is 13.1 Å². The van der Waals surface area contributed by atoms with Crippen molar-refractivity contribution in [3.63, 3.8) is 0 Å². The fourth-order valence-corrected chi connectivity index (χ4v) is 4.94. The van der Waals surface area contributed by atoms with E-state index in [-0.39, 0.29) is 45.8 Å². The van der Waals surface area contributed by atoms with Gasteiger partial charge >= 0.3 is 0 Å². The molecule has 5 rings (SSSR count). The van der Waals surface area contributed by atoms with Gasteiger partial charge in [-0.25, -0.2) is 32.9 Å². The third-order valence-electron chi connectivity index (χ3n) is 6.41. The predicted octanol–water partition coefficient (Wildman–Crippen LogP) is 1.22. The fraction of sp³-hybridized carbons (Fsp3) is 0.240. The van der Waals surface area contributed by atoms with E-state index in [0.717, 1.165) is 24.5 Å². The van der Waals surface area contributed by atoms with E-state index in [1.165, 1.54) is 33.8 Å². The van der Waals surface area contributed by atoms with Crippen molar-refractivity contribution < 1.29 is 13.2 Å². The molecule has 1 fully saturated rings. The highest BCUT2D eigenvalue weighted by molar-refractivity contribution is 7.89. The molecule has 0 aliphatic carbocycles. The van der Waals surface area contributed by atoms with Gasteiger partial charge in [-0.3, -0.25) is 9.59 Å². The number of piperazine rings is 1. The number of rotatable bonds is 7. The number of anilines is 3. The number of hydrogen-bond donors (Lipinski definition) is 2. The van der Waals surface area contributed by atoms with E-state index >= 15 is 0 Å². The third-order valence-corrected chi connectivity index (χ3v) is 7.22. The highest BCUT2D eigenvalue weighted by Crippen LogP contribution is 2.23. The molecule has 3 aromatic heterocycles. The summed E-state index contributed by atoms with van der Waals surface area (Å²) in [6, 6.07) is 12.1. The van der Waals surface area contributed by atoms with E-state index in [2.05, 4.69) is 31.7 Å². The molecule has 202 valence electrons. The van der Waals surface area contributed by atoms with Gasteiger partial charge in [0.05, 0.1) is 6.54 Å². The summed E-state index contributed by atoms with van der Waals surface area (Å²) >= 11 is 0. The first-order valence-corrected chi connectivity index (χ1v) is 13.7. The van der Waals surface area contributed by atoms with Gasteiger partial charge in [-0.1, -0.05) is 12.1 Å². The van der Waals surface area contributed by atoms with Crippen LogP contribution in [0.3, 0.4) is 0 Å². The summed E-state index contributed by atoms with van der Waals surface area (Å²) in [7, 11) is -4.07. The number of sulfonamides is 1. The molecule has 1 saturated heterocycles. The van der Waals surface area contributed by atoms with Crippen LogP contribution in [0.2, 0.25) is 0 Å². The van der Waals surface area contributed by atoms with Gasteiger partial charge in [0.15, 0.2) is 16.5 Å². The maximum Gasteiger partial charge on any atom is 0.278 e. The number of carbonyl (C=O) groups is 1. The molecular formula is C25H27N9O4S. The van der Waals surface area contributed by atoms with Gasteiger partial charge in [0.25, 0.3) is 15.6 Å². The van der Waals surface area contributed by atoms with E-state index in [9.17, 15) is 18.0 Å². The molecule has 0 spiro atoms. The standard InChI is InChI=1S/C25H27N9O4S/c1-3-11-33-24(36)20-16-27-25(30-23(20)34(33)21-5-4-6-22(29-21)39(26,37)38)28-18-7-9-19(10-8-18)32-14-12-31(13-15-32)17(2)35/h3-10,16H,1,11-15H2,2H3,(H2,26,37,38)(H,27,28,30). The summed E-state index contributed by atoms with van der Waals surface area (Å²) in [4.78, 5) is 41.8. The largest absolute Gasteiger partial charge is 0.368 e. The van der Waals surface area contributed by atoms with E-state index in [1.54, 1.807) is 13.0 Å². The van der Waals surface area contributed by atoms with Crippen LogP contribution in [0.4, 0.5) is 17.3 Å². The van der Waals surface area contributed by atoms with Crippen molar-refractivity contribution in [3.8, 4) is 5.82 Å². The molecule has 0 radical (unpaired) electrons. The van der Waals surface area contributed by atoms with E-state index in [1.807, 2.05) is 29.2 Å². The predicted molar refractivity (Wildman–Crippen MR) is 147 cm³/mol. The number of aromatic nitrogens is 5. The fourth-order valence-electron chi connectivity index (χ4n) is 4.45. The Kier molecular flexibility index (Phi) is 6.89. The second-order valence-electron chi connectivity index (χ2n) is 8.96. The number of amides is 1. The van der Waals surface area contributed by atoms with Crippen LogP contribution in [0.1, 0.15) is 6.92 Å². The number of nitrogens with one attached hydrogen (secondary N) is 1. The summed E-state index contributed by atoms with van der Waals surface area (Å²) in [6.45, 7) is 8.30. The molecule has 14 heteroatoms. The zero-order valence-corrected chi connectivity index (χ0v) is 22.0. The van der Waals surface area contributed by atoms with Gasteiger partial charge in [0.2, 0.25) is 11.9 Å². The molecule has 1 aliphatic rings. The Morgan fingerprint density at radius 1 is 1.10 bits per heavy atom.